The van der Waals surface area contributed by atoms with Crippen molar-refractivity contribution in [3.8, 4) is 0 Å². The molecule has 0 amide bonds. The molecule has 4 nitrogen and oxygen atoms in total. The van der Waals surface area contributed by atoms with Gasteiger partial charge in [-0.25, -0.2) is 8.42 Å². The maximum atomic E-state index is 11.6. The highest BCUT2D eigenvalue weighted by atomic mass is 32.2. The zero-order chi connectivity index (χ0) is 10.8. The average Bonchev–Trinajstić information content (AvgIpc) is 2.41. The highest BCUT2D eigenvalue weighted by Crippen LogP contribution is 2.20. The highest BCUT2D eigenvalue weighted by molar-refractivity contribution is 7.89. The summed E-state index contributed by atoms with van der Waals surface area (Å²) in [5.74, 6) is 0.265. The number of rotatable bonds is 4. The van der Waals surface area contributed by atoms with Crippen LogP contribution in [0.1, 0.15) is 26.2 Å². The fourth-order valence-corrected chi connectivity index (χ4v) is 3.76. The molecule has 6 heteroatoms. The molecule has 1 atom stereocenters. The van der Waals surface area contributed by atoms with Crippen LogP contribution >= 0.6 is 12.2 Å². The van der Waals surface area contributed by atoms with Crippen LogP contribution in [0, 0.1) is 0 Å². The van der Waals surface area contributed by atoms with Crippen molar-refractivity contribution >= 4 is 27.2 Å². The minimum atomic E-state index is -3.03. The lowest BCUT2D eigenvalue weighted by Crippen LogP contribution is -2.38. The van der Waals surface area contributed by atoms with Crippen molar-refractivity contribution < 1.29 is 8.42 Å². The molecule has 1 aliphatic rings. The van der Waals surface area contributed by atoms with E-state index in [4.69, 9.17) is 18.0 Å². The van der Waals surface area contributed by atoms with Gasteiger partial charge in [-0.05, 0) is 12.8 Å². The number of hydrogen-bond donors (Lipinski definition) is 1. The second kappa shape index (κ2) is 4.55. The molecule has 1 saturated heterocycles. The van der Waals surface area contributed by atoms with E-state index in [-0.39, 0.29) is 11.8 Å². The lowest BCUT2D eigenvalue weighted by molar-refractivity contribution is 0.339. The summed E-state index contributed by atoms with van der Waals surface area (Å²) in [7, 11) is -3.03. The first-order valence-corrected chi connectivity index (χ1v) is 6.77. The second-order valence-corrected chi connectivity index (χ2v) is 6.08. The van der Waals surface area contributed by atoms with Crippen LogP contribution in [0.25, 0.3) is 0 Å². The molecule has 0 radical (unpaired) electrons. The molecule has 0 aromatic rings. The van der Waals surface area contributed by atoms with Crippen molar-refractivity contribution in [3.63, 3.8) is 0 Å². The van der Waals surface area contributed by atoms with E-state index >= 15 is 0 Å². The van der Waals surface area contributed by atoms with E-state index < -0.39 is 10.0 Å². The third-order valence-electron chi connectivity index (χ3n) is 2.45. The molecule has 0 aromatic heterocycles. The van der Waals surface area contributed by atoms with E-state index in [1.807, 2.05) is 6.92 Å². The number of nitrogens with zero attached hydrogens (tertiary/aromatic N) is 1. The van der Waals surface area contributed by atoms with Crippen LogP contribution in [-0.4, -0.2) is 36.1 Å². The van der Waals surface area contributed by atoms with Gasteiger partial charge in [0.05, 0.1) is 10.7 Å². The van der Waals surface area contributed by atoms with Crippen LogP contribution in [-0.2, 0) is 10.0 Å². The normalized spacial score (nSPS) is 23.5. The van der Waals surface area contributed by atoms with Crippen molar-refractivity contribution in [3.05, 3.63) is 0 Å². The van der Waals surface area contributed by atoms with Gasteiger partial charge in [-0.1, -0.05) is 19.1 Å². The summed E-state index contributed by atoms with van der Waals surface area (Å²) in [6, 6.07) is -0.0417. The number of sulfonamides is 1. The first-order chi connectivity index (χ1) is 6.47. The molecule has 1 fully saturated rings. The molecule has 1 unspecified atom stereocenters. The third kappa shape index (κ3) is 2.65. The standard InChI is InChI=1S/C8H16N2O2S2/c1-2-7(6-8(9)13)10-4-3-5-14(10,11)12/h7H,2-6H2,1H3,(H2,9,13). The van der Waals surface area contributed by atoms with Crippen LogP contribution in [0.4, 0.5) is 0 Å². The molecule has 0 aromatic carbocycles. The third-order valence-corrected chi connectivity index (χ3v) is 4.62. The Balaban J connectivity index is 2.74. The highest BCUT2D eigenvalue weighted by Gasteiger charge is 2.33. The molecule has 0 saturated carbocycles. The largest absolute Gasteiger partial charge is 0.393 e. The van der Waals surface area contributed by atoms with E-state index in [1.165, 1.54) is 0 Å². The number of thiocarbonyl (C=S) groups is 1. The summed E-state index contributed by atoms with van der Waals surface area (Å²) in [4.78, 5) is 0.388. The molecule has 1 rings (SSSR count). The van der Waals surface area contributed by atoms with Gasteiger partial charge in [0.25, 0.3) is 0 Å². The molecule has 14 heavy (non-hydrogen) atoms. The van der Waals surface area contributed by atoms with Gasteiger partial charge in [0, 0.05) is 19.0 Å². The van der Waals surface area contributed by atoms with Gasteiger partial charge in [-0.2, -0.15) is 4.31 Å². The molecular formula is C8H16N2O2S2. The van der Waals surface area contributed by atoms with Gasteiger partial charge in [0.2, 0.25) is 10.0 Å². The maximum Gasteiger partial charge on any atom is 0.214 e. The van der Waals surface area contributed by atoms with Gasteiger partial charge < -0.3 is 5.73 Å². The summed E-state index contributed by atoms with van der Waals surface area (Å²) in [5.41, 5.74) is 5.44. The van der Waals surface area contributed by atoms with Gasteiger partial charge in [0.15, 0.2) is 0 Å². The Kier molecular flexibility index (Phi) is 3.86. The molecule has 2 N–H and O–H groups in total. The Bertz CT molecular complexity index is 313. The molecule has 0 aliphatic carbocycles. The molecule has 0 bridgehead atoms. The number of nitrogens with two attached hydrogens (primary N) is 1. The maximum absolute atomic E-state index is 11.6. The Morgan fingerprint density at radius 2 is 2.29 bits per heavy atom. The monoisotopic (exact) mass is 236 g/mol. The van der Waals surface area contributed by atoms with Crippen molar-refractivity contribution in [2.24, 2.45) is 5.73 Å². The predicted molar refractivity (Wildman–Crippen MR) is 60.6 cm³/mol. The molecular weight excluding hydrogens is 220 g/mol. The molecule has 82 valence electrons. The Morgan fingerprint density at radius 1 is 1.64 bits per heavy atom. The summed E-state index contributed by atoms with van der Waals surface area (Å²) < 4.78 is 24.7. The first-order valence-electron chi connectivity index (χ1n) is 4.75. The Hall–Kier alpha value is -0.200. The lowest BCUT2D eigenvalue weighted by Gasteiger charge is -2.24. The molecule has 1 aliphatic heterocycles. The summed E-state index contributed by atoms with van der Waals surface area (Å²) in [6.07, 6.45) is 1.97. The van der Waals surface area contributed by atoms with Crippen molar-refractivity contribution in [2.45, 2.75) is 32.2 Å². The summed E-state index contributed by atoms with van der Waals surface area (Å²) in [5, 5.41) is 0. The lowest BCUT2D eigenvalue weighted by atomic mass is 10.1. The molecule has 0 spiro atoms. The fraction of sp³-hybridized carbons (Fsp3) is 0.875. The van der Waals surface area contributed by atoms with E-state index in [1.54, 1.807) is 4.31 Å². The summed E-state index contributed by atoms with van der Waals surface area (Å²) >= 11 is 4.80. The van der Waals surface area contributed by atoms with Crippen LogP contribution < -0.4 is 5.73 Å². The zero-order valence-corrected chi connectivity index (χ0v) is 9.90. The van der Waals surface area contributed by atoms with Crippen LogP contribution in [0.5, 0.6) is 0 Å². The van der Waals surface area contributed by atoms with Gasteiger partial charge in [-0.15, -0.1) is 0 Å². The fourth-order valence-electron chi connectivity index (χ4n) is 1.75. The van der Waals surface area contributed by atoms with Gasteiger partial charge in [-0.3, -0.25) is 0 Å². The Morgan fingerprint density at radius 3 is 2.64 bits per heavy atom. The van der Waals surface area contributed by atoms with Crippen molar-refractivity contribution in [1.82, 2.24) is 4.31 Å². The minimum absolute atomic E-state index is 0.0417. The van der Waals surface area contributed by atoms with Crippen molar-refractivity contribution in [1.29, 1.82) is 0 Å². The first kappa shape index (κ1) is 11.9. The molecule has 1 heterocycles. The van der Waals surface area contributed by atoms with E-state index in [0.717, 1.165) is 12.8 Å². The minimum Gasteiger partial charge on any atom is -0.393 e. The predicted octanol–water partition coefficient (Wildman–Crippen LogP) is 0.477. The zero-order valence-electron chi connectivity index (χ0n) is 8.27. The quantitative estimate of drug-likeness (QED) is 0.721. The SMILES string of the molecule is CCC(CC(N)=S)N1CCCS1(=O)=O. The smallest absolute Gasteiger partial charge is 0.214 e. The van der Waals surface area contributed by atoms with E-state index in [0.29, 0.717) is 18.0 Å². The van der Waals surface area contributed by atoms with Crippen LogP contribution in [0.2, 0.25) is 0 Å². The summed E-state index contributed by atoms with van der Waals surface area (Å²) in [6.45, 7) is 2.57. The second-order valence-electron chi connectivity index (χ2n) is 3.51. The van der Waals surface area contributed by atoms with Gasteiger partial charge in [0.1, 0.15) is 0 Å². The van der Waals surface area contributed by atoms with E-state index in [2.05, 4.69) is 0 Å². The average molecular weight is 236 g/mol. The Labute approximate surface area is 90.5 Å². The topological polar surface area (TPSA) is 63.4 Å². The van der Waals surface area contributed by atoms with E-state index in [9.17, 15) is 8.42 Å². The van der Waals surface area contributed by atoms with Crippen LogP contribution in [0.3, 0.4) is 0 Å². The van der Waals surface area contributed by atoms with Crippen LogP contribution in [0.15, 0.2) is 0 Å². The number of hydrogen-bond acceptors (Lipinski definition) is 3. The van der Waals surface area contributed by atoms with Gasteiger partial charge >= 0.3 is 0 Å². The van der Waals surface area contributed by atoms with Crippen molar-refractivity contribution in [2.75, 3.05) is 12.3 Å².